The van der Waals surface area contributed by atoms with Crippen molar-refractivity contribution >= 4 is 68.6 Å². The summed E-state index contributed by atoms with van der Waals surface area (Å²) in [5, 5.41) is 0. The highest BCUT2D eigenvalue weighted by Gasteiger charge is 2.64. The van der Waals surface area contributed by atoms with Crippen LogP contribution < -0.4 is 31.1 Å². The molecule has 4 aliphatic rings. The highest BCUT2D eigenvalue weighted by Crippen LogP contribution is 2.67. The Morgan fingerprint density at radius 3 is 1.52 bits per heavy atom. The maximum Gasteiger partial charge on any atom is 0.252 e. The quantitative estimate of drug-likeness (QED) is 0.159. The van der Waals surface area contributed by atoms with E-state index in [1.54, 1.807) is 0 Å². The summed E-state index contributed by atoms with van der Waals surface area (Å²) in [5.41, 5.74) is 24.1. The SMILES string of the molecule is CC1(C)CC2(C)c3cc(C(C)(C)C)ccc3N(c3cc4c5c(c3)N(c3cccc(-c6ccccc6)c3)c3cc(-c6ccccc6)ccc3B5c3cc(C(C)(C)C)ccc3N4c3ccc(C(C)(C)C)cc3)C2(C)C1. The topological polar surface area (TPSA) is 9.72 Å². The number of benzene rings is 8. The second-order valence-electron chi connectivity index (χ2n) is 26.3. The van der Waals surface area contributed by atoms with Crippen LogP contribution in [0.25, 0.3) is 22.3 Å². The smallest absolute Gasteiger partial charge is 0.252 e. The summed E-state index contributed by atoms with van der Waals surface area (Å²) in [5.74, 6) is 0. The van der Waals surface area contributed by atoms with E-state index in [9.17, 15) is 0 Å². The Morgan fingerprint density at radius 1 is 0.384 bits per heavy atom. The first kappa shape index (κ1) is 47.2. The summed E-state index contributed by atoms with van der Waals surface area (Å²) in [6.07, 6.45) is 2.20. The maximum absolute atomic E-state index is 2.81. The van der Waals surface area contributed by atoms with Crippen LogP contribution in [-0.4, -0.2) is 12.3 Å². The summed E-state index contributed by atoms with van der Waals surface area (Å²) in [4.78, 5) is 8.06. The third kappa shape index (κ3) is 7.44. The van der Waals surface area contributed by atoms with Gasteiger partial charge in [-0.2, -0.15) is 0 Å². The van der Waals surface area contributed by atoms with E-state index in [1.807, 2.05) is 0 Å². The highest BCUT2D eigenvalue weighted by molar-refractivity contribution is 7.00. The predicted octanol–water partition coefficient (Wildman–Crippen LogP) is 17.0. The van der Waals surface area contributed by atoms with Gasteiger partial charge < -0.3 is 14.7 Å². The van der Waals surface area contributed by atoms with E-state index in [4.69, 9.17) is 0 Å². The van der Waals surface area contributed by atoms with E-state index in [2.05, 4.69) is 281 Å². The number of fused-ring (bicyclic) bond motifs is 7. The van der Waals surface area contributed by atoms with Crippen LogP contribution in [0.15, 0.2) is 176 Å². The molecule has 0 spiro atoms. The van der Waals surface area contributed by atoms with Gasteiger partial charge in [0.25, 0.3) is 6.71 Å². The minimum absolute atomic E-state index is 0.0222. The Bertz CT molecular complexity index is 3480. The average Bonchev–Trinajstić information content (AvgIpc) is 3.66. The Morgan fingerprint density at radius 2 is 0.918 bits per heavy atom. The Balaban J connectivity index is 1.21. The molecule has 0 N–H and O–H groups in total. The minimum Gasteiger partial charge on any atom is -0.334 e. The fourth-order valence-corrected chi connectivity index (χ4v) is 13.9. The molecule has 8 aromatic rings. The van der Waals surface area contributed by atoms with E-state index in [-0.39, 0.29) is 39.3 Å². The molecule has 3 aliphatic heterocycles. The van der Waals surface area contributed by atoms with E-state index < -0.39 is 0 Å². The van der Waals surface area contributed by atoms with Crippen molar-refractivity contribution in [1.29, 1.82) is 0 Å². The van der Waals surface area contributed by atoms with Gasteiger partial charge in [-0.05, 0) is 157 Å². The molecule has 0 amide bonds. The van der Waals surface area contributed by atoms with Crippen LogP contribution in [0.5, 0.6) is 0 Å². The Hall–Kier alpha value is -6.78. The molecule has 1 saturated carbocycles. The lowest BCUT2D eigenvalue weighted by Crippen LogP contribution is -2.61. The molecule has 1 aliphatic carbocycles. The van der Waals surface area contributed by atoms with Crippen molar-refractivity contribution in [1.82, 2.24) is 0 Å². The van der Waals surface area contributed by atoms with Gasteiger partial charge in [-0.15, -0.1) is 0 Å². The zero-order valence-corrected chi connectivity index (χ0v) is 45.6. The second-order valence-corrected chi connectivity index (χ2v) is 26.3. The predicted molar refractivity (Wildman–Crippen MR) is 315 cm³/mol. The van der Waals surface area contributed by atoms with Gasteiger partial charge in [0.1, 0.15) is 0 Å². The van der Waals surface area contributed by atoms with Crippen molar-refractivity contribution in [3.8, 4) is 22.3 Å². The molecule has 2 atom stereocenters. The third-order valence-corrected chi connectivity index (χ3v) is 17.5. The van der Waals surface area contributed by atoms with Gasteiger partial charge >= 0.3 is 0 Å². The molecule has 12 rings (SSSR count). The first-order valence-corrected chi connectivity index (χ1v) is 26.9. The summed E-state index contributed by atoms with van der Waals surface area (Å²) in [6, 6.07) is 67.9. The summed E-state index contributed by atoms with van der Waals surface area (Å²) in [7, 11) is 0. The summed E-state index contributed by atoms with van der Waals surface area (Å²) in [6.45, 7) is 31.2. The van der Waals surface area contributed by atoms with Crippen LogP contribution in [0.1, 0.15) is 125 Å². The summed E-state index contributed by atoms with van der Waals surface area (Å²) >= 11 is 0. The lowest BCUT2D eigenvalue weighted by atomic mass is 9.33. The largest absolute Gasteiger partial charge is 0.334 e. The van der Waals surface area contributed by atoms with E-state index in [1.165, 1.54) is 101 Å². The van der Waals surface area contributed by atoms with Crippen LogP contribution in [-0.2, 0) is 21.7 Å². The van der Waals surface area contributed by atoms with Crippen molar-refractivity contribution in [2.75, 3.05) is 14.7 Å². The molecule has 366 valence electrons. The number of hydrogen-bond acceptors (Lipinski definition) is 3. The maximum atomic E-state index is 2.81. The van der Waals surface area contributed by atoms with E-state index in [0.717, 1.165) is 18.5 Å². The van der Waals surface area contributed by atoms with Crippen LogP contribution >= 0.6 is 0 Å². The zero-order chi connectivity index (χ0) is 51.2. The first-order valence-electron chi connectivity index (χ1n) is 26.9. The molecule has 0 bridgehead atoms. The third-order valence-electron chi connectivity index (χ3n) is 17.5. The minimum atomic E-state index is -0.200. The first-order chi connectivity index (χ1) is 34.5. The molecule has 0 saturated heterocycles. The van der Waals surface area contributed by atoms with E-state index >= 15 is 0 Å². The van der Waals surface area contributed by atoms with Crippen molar-refractivity contribution in [3.05, 3.63) is 198 Å². The van der Waals surface area contributed by atoms with Gasteiger partial charge in [0, 0.05) is 50.9 Å². The Labute approximate surface area is 437 Å². The number of nitrogens with zero attached hydrogens (tertiary/aromatic N) is 3. The van der Waals surface area contributed by atoms with Crippen LogP contribution in [0.2, 0.25) is 0 Å². The molecular weight excluding hydrogens is 882 g/mol. The van der Waals surface area contributed by atoms with Crippen molar-refractivity contribution in [2.24, 2.45) is 5.41 Å². The monoisotopic (exact) mass is 954 g/mol. The molecule has 1 fully saturated rings. The fraction of sp³-hybridized carbons (Fsp3) is 0.304. The molecule has 4 heteroatoms. The van der Waals surface area contributed by atoms with E-state index in [0.29, 0.717) is 0 Å². The van der Waals surface area contributed by atoms with Crippen LogP contribution in [0.4, 0.5) is 45.5 Å². The normalized spacial score (nSPS) is 19.6. The molecule has 0 radical (unpaired) electrons. The van der Waals surface area contributed by atoms with Crippen LogP contribution in [0.3, 0.4) is 0 Å². The number of anilines is 8. The lowest BCUT2D eigenvalue weighted by molar-refractivity contribution is 0.330. The molecule has 2 unspecified atom stereocenters. The standard InChI is InChI=1S/C69H72BN3/c1-64(2,3)49-28-32-52(33-29-49)71-59-36-31-51(66(7,8)9)40-57(59)70-56-34-27-48(46-23-18-15-19-24-46)38-60(56)72(53-26-20-25-47(37-53)45-21-16-14-17-22-45)62-42-54(41-61(71)63(62)70)73-58-35-30-50(65(4,5)6)39-55(58)68(12)43-67(10,11)44-69(68,73)13/h14-42H,43-44H2,1-13H3. The average molecular weight is 954 g/mol. The van der Waals surface area contributed by atoms with Crippen LogP contribution in [0, 0.1) is 5.41 Å². The second kappa shape index (κ2) is 16.1. The van der Waals surface area contributed by atoms with Gasteiger partial charge in [-0.25, -0.2) is 0 Å². The molecule has 73 heavy (non-hydrogen) atoms. The molecule has 3 heterocycles. The fourth-order valence-electron chi connectivity index (χ4n) is 13.9. The highest BCUT2D eigenvalue weighted by atomic mass is 15.3. The van der Waals surface area contributed by atoms with Gasteiger partial charge in [0.15, 0.2) is 0 Å². The molecule has 0 aromatic heterocycles. The van der Waals surface area contributed by atoms with Crippen molar-refractivity contribution in [2.45, 2.75) is 130 Å². The summed E-state index contributed by atoms with van der Waals surface area (Å²) < 4.78 is 0. The van der Waals surface area contributed by atoms with Gasteiger partial charge in [0.05, 0.1) is 5.54 Å². The van der Waals surface area contributed by atoms with Gasteiger partial charge in [-0.3, -0.25) is 0 Å². The van der Waals surface area contributed by atoms with Crippen molar-refractivity contribution < 1.29 is 0 Å². The zero-order valence-electron chi connectivity index (χ0n) is 45.6. The van der Waals surface area contributed by atoms with Gasteiger partial charge in [0.2, 0.25) is 0 Å². The molecule has 8 aromatic carbocycles. The Kier molecular flexibility index (Phi) is 10.4. The van der Waals surface area contributed by atoms with Gasteiger partial charge in [-0.1, -0.05) is 204 Å². The molecule has 3 nitrogen and oxygen atoms in total. The molecular formula is C69H72BN3. The number of hydrogen-bond donors (Lipinski definition) is 0. The lowest BCUT2D eigenvalue weighted by Gasteiger charge is -2.47. The number of rotatable bonds is 5. The van der Waals surface area contributed by atoms with Crippen molar-refractivity contribution in [3.63, 3.8) is 0 Å².